The molecule has 38 heavy (non-hydrogen) atoms. The number of rotatable bonds is 5. The molecule has 3 aliphatic heterocycles. The van der Waals surface area contributed by atoms with Crippen molar-refractivity contribution in [2.75, 3.05) is 26.2 Å². The Bertz CT molecular complexity index is 1240. The fraction of sp³-hybridized carbons (Fsp3) is 0.500. The zero-order valence-corrected chi connectivity index (χ0v) is 22.6. The van der Waals surface area contributed by atoms with Crippen LogP contribution < -0.4 is 5.32 Å². The number of benzene rings is 1. The van der Waals surface area contributed by atoms with Gasteiger partial charge in [-0.3, -0.25) is 19.8 Å². The molecule has 1 aromatic carbocycles. The SMILES string of the molecule is CC1(C)CC2(CCCN(C3CCN(C(=O)c4cc(-c5ccccc5)sc4N=CNC(=O)O)CC3)C2)C(=O)O1. The molecule has 0 bridgehead atoms. The molecule has 2 amide bonds. The van der Waals surface area contributed by atoms with Crippen molar-refractivity contribution >= 4 is 40.6 Å². The second kappa shape index (κ2) is 10.5. The van der Waals surface area contributed by atoms with E-state index in [-0.39, 0.29) is 11.9 Å². The molecule has 2 aromatic rings. The second-order valence-corrected chi connectivity index (χ2v) is 12.1. The number of carbonyl (C=O) groups is 3. The Hall–Kier alpha value is -3.24. The molecule has 1 spiro atoms. The predicted octanol–water partition coefficient (Wildman–Crippen LogP) is 4.75. The first-order chi connectivity index (χ1) is 18.2. The summed E-state index contributed by atoms with van der Waals surface area (Å²) in [4.78, 5) is 46.7. The first-order valence-corrected chi connectivity index (χ1v) is 14.0. The van der Waals surface area contributed by atoms with Crippen LogP contribution in [-0.2, 0) is 9.53 Å². The summed E-state index contributed by atoms with van der Waals surface area (Å²) in [5, 5.41) is 11.5. The third-order valence-corrected chi connectivity index (χ3v) is 8.90. The summed E-state index contributed by atoms with van der Waals surface area (Å²) in [6.07, 6.45) is 4.20. The van der Waals surface area contributed by atoms with Crippen LogP contribution in [0.1, 0.15) is 56.3 Å². The minimum absolute atomic E-state index is 0.0584. The number of nitrogens with zero attached hydrogens (tertiary/aromatic N) is 3. The van der Waals surface area contributed by atoms with Crippen molar-refractivity contribution in [3.05, 3.63) is 42.0 Å². The molecule has 0 aliphatic carbocycles. The van der Waals surface area contributed by atoms with Crippen LogP contribution in [0.2, 0.25) is 0 Å². The Morgan fingerprint density at radius 2 is 1.92 bits per heavy atom. The van der Waals surface area contributed by atoms with Crippen molar-refractivity contribution in [2.45, 2.75) is 57.6 Å². The van der Waals surface area contributed by atoms with E-state index in [1.165, 1.54) is 11.3 Å². The summed E-state index contributed by atoms with van der Waals surface area (Å²) in [6, 6.07) is 11.9. The van der Waals surface area contributed by atoms with Gasteiger partial charge in [-0.2, -0.15) is 0 Å². The first kappa shape index (κ1) is 26.4. The number of thiophene rings is 1. The third kappa shape index (κ3) is 5.47. The van der Waals surface area contributed by atoms with Crippen LogP contribution in [-0.4, -0.2) is 77.0 Å². The van der Waals surface area contributed by atoms with E-state index >= 15 is 0 Å². The minimum Gasteiger partial charge on any atom is -0.465 e. The number of nitrogens with one attached hydrogen (secondary N) is 1. The molecule has 1 unspecified atom stereocenters. The average Bonchev–Trinajstić information content (AvgIpc) is 3.41. The molecule has 10 heteroatoms. The van der Waals surface area contributed by atoms with Gasteiger partial charge in [0.25, 0.3) is 5.91 Å². The van der Waals surface area contributed by atoms with E-state index in [0.29, 0.717) is 29.7 Å². The predicted molar refractivity (Wildman–Crippen MR) is 146 cm³/mol. The van der Waals surface area contributed by atoms with E-state index in [4.69, 9.17) is 9.84 Å². The number of esters is 1. The van der Waals surface area contributed by atoms with Gasteiger partial charge in [0.2, 0.25) is 0 Å². The summed E-state index contributed by atoms with van der Waals surface area (Å²) in [5.41, 5.74) is 0.639. The molecule has 3 saturated heterocycles. The maximum atomic E-state index is 13.6. The van der Waals surface area contributed by atoms with Crippen LogP contribution in [0.25, 0.3) is 10.4 Å². The van der Waals surface area contributed by atoms with Gasteiger partial charge in [0.05, 0.1) is 17.3 Å². The fourth-order valence-electron chi connectivity index (χ4n) is 6.20. The lowest BCUT2D eigenvalue weighted by molar-refractivity contribution is -0.154. The van der Waals surface area contributed by atoms with E-state index < -0.39 is 17.1 Å². The molecule has 0 radical (unpaired) electrons. The Balaban J connectivity index is 1.27. The zero-order chi connectivity index (χ0) is 26.9. The van der Waals surface area contributed by atoms with E-state index in [0.717, 1.165) is 62.0 Å². The molecule has 1 aromatic heterocycles. The average molecular weight is 539 g/mol. The van der Waals surface area contributed by atoms with Gasteiger partial charge < -0.3 is 14.7 Å². The summed E-state index contributed by atoms with van der Waals surface area (Å²) in [5.74, 6) is -0.155. The van der Waals surface area contributed by atoms with Crippen LogP contribution in [0.4, 0.5) is 9.80 Å². The van der Waals surface area contributed by atoms with Gasteiger partial charge in [-0.05, 0) is 57.7 Å². The van der Waals surface area contributed by atoms with Crippen LogP contribution in [0, 0.1) is 5.41 Å². The van der Waals surface area contributed by atoms with Gasteiger partial charge in [-0.15, -0.1) is 11.3 Å². The second-order valence-electron chi connectivity index (χ2n) is 11.1. The van der Waals surface area contributed by atoms with Crippen molar-refractivity contribution in [1.29, 1.82) is 0 Å². The Morgan fingerprint density at radius 1 is 1.18 bits per heavy atom. The smallest absolute Gasteiger partial charge is 0.409 e. The summed E-state index contributed by atoms with van der Waals surface area (Å²) in [7, 11) is 0. The van der Waals surface area contributed by atoms with Gasteiger partial charge in [0.15, 0.2) is 0 Å². The Morgan fingerprint density at radius 3 is 2.58 bits per heavy atom. The van der Waals surface area contributed by atoms with Crippen LogP contribution in [0.5, 0.6) is 0 Å². The molecule has 9 nitrogen and oxygen atoms in total. The molecular formula is C28H34N4O5S. The number of cyclic esters (lactones) is 1. The maximum Gasteiger partial charge on any atom is 0.409 e. The summed E-state index contributed by atoms with van der Waals surface area (Å²) in [6.45, 7) is 6.92. The van der Waals surface area contributed by atoms with Crippen LogP contribution in [0.15, 0.2) is 41.4 Å². The monoisotopic (exact) mass is 538 g/mol. The molecule has 3 fully saturated rings. The lowest BCUT2D eigenvalue weighted by Crippen LogP contribution is -2.53. The number of likely N-dealkylation sites (tertiary alicyclic amines) is 2. The lowest BCUT2D eigenvalue weighted by atomic mass is 9.74. The molecule has 1 atom stereocenters. The minimum atomic E-state index is -1.21. The van der Waals surface area contributed by atoms with Gasteiger partial charge in [-0.25, -0.2) is 9.79 Å². The standard InChI is InChI=1S/C28H34N4O5S/c1-27(2)16-28(25(34)37-27)11-6-12-32(17-28)20-9-13-31(14-10-20)24(33)21-15-22(19-7-4-3-5-8-19)38-23(21)29-18-30-26(35)36/h3-5,7-8,15,18,20H,6,9-14,16-17H2,1-2H3,(H,29,30)(H,35,36). The number of carboxylic acid groups (broad SMARTS) is 1. The molecule has 202 valence electrons. The highest BCUT2D eigenvalue weighted by molar-refractivity contribution is 7.19. The summed E-state index contributed by atoms with van der Waals surface area (Å²) < 4.78 is 5.70. The van der Waals surface area contributed by atoms with Gasteiger partial charge in [0.1, 0.15) is 10.6 Å². The van der Waals surface area contributed by atoms with E-state index in [9.17, 15) is 14.4 Å². The first-order valence-electron chi connectivity index (χ1n) is 13.1. The van der Waals surface area contributed by atoms with E-state index in [1.807, 2.05) is 55.1 Å². The number of hydrogen-bond acceptors (Lipinski definition) is 7. The number of aliphatic imine (C=N–C) groups is 1. The zero-order valence-electron chi connectivity index (χ0n) is 21.8. The van der Waals surface area contributed by atoms with Crippen LogP contribution in [0.3, 0.4) is 0 Å². The largest absolute Gasteiger partial charge is 0.465 e. The maximum absolute atomic E-state index is 13.6. The van der Waals surface area contributed by atoms with Crippen molar-refractivity contribution in [1.82, 2.24) is 15.1 Å². The van der Waals surface area contributed by atoms with Gasteiger partial charge in [-0.1, -0.05) is 30.3 Å². The van der Waals surface area contributed by atoms with Gasteiger partial charge in [0, 0.05) is 37.0 Å². The molecule has 2 N–H and O–H groups in total. The Kier molecular flexibility index (Phi) is 7.28. The molecule has 0 saturated carbocycles. The highest BCUT2D eigenvalue weighted by Crippen LogP contribution is 2.47. The third-order valence-electron chi connectivity index (χ3n) is 7.81. The van der Waals surface area contributed by atoms with Crippen molar-refractivity contribution in [3.8, 4) is 10.4 Å². The highest BCUT2D eigenvalue weighted by atomic mass is 32.1. The normalized spacial score (nSPS) is 24.2. The number of hydrogen-bond donors (Lipinski definition) is 2. The van der Waals surface area contributed by atoms with Gasteiger partial charge >= 0.3 is 12.1 Å². The number of carbonyl (C=O) groups excluding carboxylic acids is 2. The lowest BCUT2D eigenvalue weighted by Gasteiger charge is -2.44. The van der Waals surface area contributed by atoms with Crippen molar-refractivity contribution in [3.63, 3.8) is 0 Å². The number of amides is 2. The summed E-state index contributed by atoms with van der Waals surface area (Å²) >= 11 is 1.36. The number of ether oxygens (including phenoxy) is 1. The molecular weight excluding hydrogens is 504 g/mol. The van der Waals surface area contributed by atoms with E-state index in [1.54, 1.807) is 0 Å². The Labute approximate surface area is 226 Å². The van der Waals surface area contributed by atoms with Crippen molar-refractivity contribution in [2.24, 2.45) is 10.4 Å². The highest BCUT2D eigenvalue weighted by Gasteiger charge is 2.54. The molecule has 4 heterocycles. The topological polar surface area (TPSA) is 112 Å². The van der Waals surface area contributed by atoms with E-state index in [2.05, 4.69) is 15.2 Å². The number of piperidine rings is 2. The molecule has 3 aliphatic rings. The molecule has 5 rings (SSSR count). The quantitative estimate of drug-likeness (QED) is 0.323. The fourth-order valence-corrected chi connectivity index (χ4v) is 7.20. The van der Waals surface area contributed by atoms with Crippen molar-refractivity contribution < 1.29 is 24.2 Å². The van der Waals surface area contributed by atoms with Crippen LogP contribution >= 0.6 is 11.3 Å².